The number of nitrogens with zero attached hydrogens (tertiary/aromatic N) is 1. The summed E-state index contributed by atoms with van der Waals surface area (Å²) in [5.74, 6) is 2.83. The molecule has 0 aliphatic rings. The summed E-state index contributed by atoms with van der Waals surface area (Å²) in [6, 6.07) is 16.7. The minimum atomic E-state index is -0.750. The van der Waals surface area contributed by atoms with Gasteiger partial charge in [-0.2, -0.15) is 0 Å². The van der Waals surface area contributed by atoms with E-state index in [1.807, 2.05) is 36.4 Å². The molecule has 0 spiro atoms. The molecule has 314 valence electrons. The molecule has 3 aromatic carbocycles. The van der Waals surface area contributed by atoms with Gasteiger partial charge in [0.05, 0.1) is 19.8 Å². The predicted octanol–water partition coefficient (Wildman–Crippen LogP) is 12.7. The number of ether oxygens (including phenoxy) is 2. The fourth-order valence-corrected chi connectivity index (χ4v) is 7.76. The van der Waals surface area contributed by atoms with E-state index in [-0.39, 0.29) is 17.4 Å². The maximum atomic E-state index is 13.6. The van der Waals surface area contributed by atoms with Gasteiger partial charge in [-0.05, 0) is 126 Å². The Bertz CT molecular complexity index is 1820. The van der Waals surface area contributed by atoms with Crippen molar-refractivity contribution in [2.24, 2.45) is 5.92 Å². The van der Waals surface area contributed by atoms with Gasteiger partial charge in [0, 0.05) is 36.9 Å². The highest BCUT2D eigenvalue weighted by molar-refractivity contribution is 14.1. The average molecular weight is 1070 g/mol. The number of methoxy groups -OCH3 is 1. The molecule has 8 nitrogen and oxygen atoms in total. The second-order valence-corrected chi connectivity index (χ2v) is 17.7. The molecule has 0 atom stereocenters. The van der Waals surface area contributed by atoms with E-state index in [4.69, 9.17) is 48.7 Å². The molecule has 0 aliphatic heterocycles. The summed E-state index contributed by atoms with van der Waals surface area (Å²) in [6.45, 7) is 14.8. The number of amides is 1. The number of aryl methyl sites for hydroxylation is 1. The normalized spacial score (nSPS) is 11.1. The molecule has 1 aromatic heterocycles. The lowest BCUT2D eigenvalue weighted by molar-refractivity contribution is -0.121. The van der Waals surface area contributed by atoms with E-state index in [1.54, 1.807) is 18.2 Å². The number of phenols is 1. The van der Waals surface area contributed by atoms with Crippen molar-refractivity contribution in [3.63, 3.8) is 0 Å². The summed E-state index contributed by atoms with van der Waals surface area (Å²) < 4.78 is 18.4. The van der Waals surface area contributed by atoms with Crippen molar-refractivity contribution in [1.29, 1.82) is 0 Å². The summed E-state index contributed by atoms with van der Waals surface area (Å²) in [5.41, 5.74) is 3.06. The highest BCUT2D eigenvalue weighted by Gasteiger charge is 2.23. The van der Waals surface area contributed by atoms with Crippen LogP contribution < -0.4 is 14.8 Å². The Labute approximate surface area is 381 Å². The van der Waals surface area contributed by atoms with Gasteiger partial charge in [-0.1, -0.05) is 112 Å². The molecule has 13 heteroatoms. The smallest absolute Gasteiger partial charge is 0.220 e. The lowest BCUT2D eigenvalue weighted by Crippen LogP contribution is -2.28. The van der Waals surface area contributed by atoms with Crippen molar-refractivity contribution in [3.05, 3.63) is 96.3 Å². The van der Waals surface area contributed by atoms with Crippen LogP contribution in [0.25, 0.3) is 11.0 Å². The minimum absolute atomic E-state index is 0.0153. The highest BCUT2D eigenvalue weighted by Crippen LogP contribution is 2.33. The van der Waals surface area contributed by atoms with Crippen molar-refractivity contribution < 1.29 is 28.6 Å². The Hall–Kier alpha value is -2.23. The van der Waals surface area contributed by atoms with Crippen LogP contribution in [0.3, 0.4) is 0 Å². The van der Waals surface area contributed by atoms with Crippen molar-refractivity contribution >= 4 is 103 Å². The molecule has 0 saturated heterocycles. The zero-order valence-corrected chi connectivity index (χ0v) is 40.4. The van der Waals surface area contributed by atoms with Crippen LogP contribution in [-0.4, -0.2) is 59.3 Å². The third-order valence-electron chi connectivity index (χ3n) is 8.74. The SMILES string of the molecule is CCCCc1oc2ccccc2c1C(=O)c1cc(I)c(OCCN(CC)CC)c(I)c1.COc1cc(CNC(=O)CCCC/C=C/C(C)C)ccc1O.ClC(Cl)Cl. The van der Waals surface area contributed by atoms with Gasteiger partial charge in [-0.25, -0.2) is 0 Å². The van der Waals surface area contributed by atoms with E-state index in [9.17, 15) is 14.7 Å². The molecular formula is C44H57Cl3I2N2O6. The number of carbonyl (C=O) groups is 2. The third kappa shape index (κ3) is 18.7. The Kier molecular flexibility index (Phi) is 25.3. The molecule has 0 fully saturated rings. The van der Waals surface area contributed by atoms with E-state index in [0.29, 0.717) is 42.4 Å². The Balaban J connectivity index is 0.000000378. The van der Waals surface area contributed by atoms with Gasteiger partial charge in [0.25, 0.3) is 0 Å². The number of para-hydroxylation sites is 1. The predicted molar refractivity (Wildman–Crippen MR) is 254 cm³/mol. The van der Waals surface area contributed by atoms with Crippen LogP contribution in [0, 0.1) is 13.1 Å². The number of unbranched alkanes of at least 4 members (excludes halogenated alkanes) is 3. The van der Waals surface area contributed by atoms with E-state index in [0.717, 1.165) is 93.3 Å². The molecule has 1 amide bonds. The number of phenolic OH excluding ortho intramolecular Hbond substituents is 1. The van der Waals surface area contributed by atoms with Crippen molar-refractivity contribution in [1.82, 2.24) is 10.2 Å². The first-order valence-corrected chi connectivity index (χ1v) is 22.8. The number of hydrogen-bond acceptors (Lipinski definition) is 7. The topological polar surface area (TPSA) is 101 Å². The number of allylic oxidation sites excluding steroid dienone is 2. The average Bonchev–Trinajstić information content (AvgIpc) is 3.55. The third-order valence-corrected chi connectivity index (χ3v) is 10.3. The number of fused-ring (bicyclic) bond motifs is 1. The number of alkyl halides is 3. The van der Waals surface area contributed by atoms with E-state index in [2.05, 4.69) is 102 Å². The Morgan fingerprint density at radius 2 is 1.63 bits per heavy atom. The van der Waals surface area contributed by atoms with Crippen LogP contribution in [0.2, 0.25) is 0 Å². The largest absolute Gasteiger partial charge is 0.504 e. The van der Waals surface area contributed by atoms with Crippen LogP contribution in [0.5, 0.6) is 17.2 Å². The Morgan fingerprint density at radius 3 is 2.25 bits per heavy atom. The molecule has 4 rings (SSSR count). The number of furan rings is 1. The number of ketones is 1. The van der Waals surface area contributed by atoms with Gasteiger partial charge in [0.2, 0.25) is 5.91 Å². The lowest BCUT2D eigenvalue weighted by atomic mass is 9.98. The number of nitrogens with one attached hydrogen (secondary N) is 1. The maximum absolute atomic E-state index is 13.6. The number of aromatic hydroxyl groups is 1. The standard InChI is InChI=1S/C25H29I2NO3.C18H27NO3.CHCl3/c1-4-7-11-22-23(18-10-8-9-12-21(18)31-22)24(29)17-15-19(26)25(20(27)16-17)30-14-13-28(5-2)6-3;1-14(2)8-6-4-5-7-9-18(21)19-13-15-10-11-16(20)17(12-15)22-3;2-1(3)4/h8-10,12,15-16H,4-7,11,13-14H2,1-3H3;6,8,10-12,14,20H,4-5,7,9,13H2,1-3H3,(H,19,21);1H/b;8-6+;. The first-order valence-electron chi connectivity index (χ1n) is 19.4. The van der Waals surface area contributed by atoms with Crippen molar-refractivity contribution in [2.75, 3.05) is 33.4 Å². The highest BCUT2D eigenvalue weighted by atomic mass is 127. The number of hydrogen-bond donors (Lipinski definition) is 2. The van der Waals surface area contributed by atoms with Gasteiger partial charge in [0.15, 0.2) is 21.6 Å². The van der Waals surface area contributed by atoms with Gasteiger partial charge in [-0.15, -0.1) is 0 Å². The monoisotopic (exact) mass is 1070 g/mol. The van der Waals surface area contributed by atoms with E-state index < -0.39 is 4.30 Å². The number of carbonyl (C=O) groups excluding carboxylic acids is 2. The second kappa shape index (κ2) is 28.3. The number of benzene rings is 3. The van der Waals surface area contributed by atoms with Crippen LogP contribution in [-0.2, 0) is 17.8 Å². The fourth-order valence-electron chi connectivity index (χ4n) is 5.69. The summed E-state index contributed by atoms with van der Waals surface area (Å²) in [5, 5.41) is 13.3. The molecule has 4 aromatic rings. The van der Waals surface area contributed by atoms with Crippen molar-refractivity contribution in [3.8, 4) is 17.2 Å². The molecule has 0 unspecified atom stereocenters. The molecule has 0 aliphatic carbocycles. The minimum Gasteiger partial charge on any atom is -0.504 e. The number of halogens is 5. The Morgan fingerprint density at radius 1 is 0.965 bits per heavy atom. The van der Waals surface area contributed by atoms with E-state index in [1.165, 1.54) is 7.11 Å². The molecular weight excluding hydrogens is 1010 g/mol. The van der Waals surface area contributed by atoms with Gasteiger partial charge in [-0.3, -0.25) is 9.59 Å². The maximum Gasteiger partial charge on any atom is 0.220 e. The van der Waals surface area contributed by atoms with Crippen LogP contribution >= 0.6 is 80.0 Å². The van der Waals surface area contributed by atoms with E-state index >= 15 is 0 Å². The summed E-state index contributed by atoms with van der Waals surface area (Å²) in [4.78, 5) is 27.7. The molecule has 57 heavy (non-hydrogen) atoms. The molecule has 0 radical (unpaired) electrons. The summed E-state index contributed by atoms with van der Waals surface area (Å²) in [6.07, 6.45) is 10.7. The first kappa shape index (κ1) is 50.9. The summed E-state index contributed by atoms with van der Waals surface area (Å²) >= 11 is 19.0. The van der Waals surface area contributed by atoms with Crippen LogP contribution in [0.15, 0.2) is 71.2 Å². The van der Waals surface area contributed by atoms with Gasteiger partial charge in [0.1, 0.15) is 23.7 Å². The van der Waals surface area contributed by atoms with Crippen molar-refractivity contribution in [2.45, 2.75) is 90.4 Å². The van der Waals surface area contributed by atoms with Gasteiger partial charge >= 0.3 is 0 Å². The van der Waals surface area contributed by atoms with Crippen LogP contribution in [0.4, 0.5) is 0 Å². The zero-order valence-electron chi connectivity index (χ0n) is 33.8. The molecule has 0 saturated carbocycles. The van der Waals surface area contributed by atoms with Gasteiger partial charge < -0.3 is 29.2 Å². The lowest BCUT2D eigenvalue weighted by Gasteiger charge is -2.19. The molecule has 0 bridgehead atoms. The first-order chi connectivity index (χ1) is 27.3. The fraction of sp³-hybridized carbons (Fsp3) is 0.455. The quantitative estimate of drug-likeness (QED) is 0.0299. The number of rotatable bonds is 20. The molecule has 2 N–H and O–H groups in total. The second-order valence-electron chi connectivity index (χ2n) is 13.4. The molecule has 1 heterocycles. The zero-order chi connectivity index (χ0) is 42.3. The summed E-state index contributed by atoms with van der Waals surface area (Å²) in [7, 11) is 1.51. The number of likely N-dealkylation sites (N-methyl/N-ethyl adjacent to an activating group) is 1. The van der Waals surface area contributed by atoms with Crippen LogP contribution in [0.1, 0.15) is 100 Å².